The molecule has 2 rings (SSSR count). The fourth-order valence-corrected chi connectivity index (χ4v) is 2.27. The van der Waals surface area contributed by atoms with Gasteiger partial charge in [-0.15, -0.1) is 0 Å². The van der Waals surface area contributed by atoms with Crippen LogP contribution in [-0.4, -0.2) is 30.2 Å². The van der Waals surface area contributed by atoms with Crippen LogP contribution >= 0.6 is 0 Å². The molecule has 1 aromatic heterocycles. The molecule has 0 aliphatic carbocycles. The number of anilines is 3. The Labute approximate surface area is 132 Å². The largest absolute Gasteiger partial charge is 0.385 e. The second-order valence-electron chi connectivity index (χ2n) is 5.38. The van der Waals surface area contributed by atoms with Crippen LogP contribution in [0.15, 0.2) is 24.3 Å². The molecule has 118 valence electrons. The van der Waals surface area contributed by atoms with Crippen molar-refractivity contribution in [2.75, 3.05) is 30.9 Å². The minimum atomic E-state index is 0.643. The van der Waals surface area contributed by atoms with E-state index in [9.17, 15) is 0 Å². The van der Waals surface area contributed by atoms with Gasteiger partial charge in [0.1, 0.15) is 5.82 Å². The van der Waals surface area contributed by atoms with Crippen LogP contribution in [0.1, 0.15) is 23.2 Å². The summed E-state index contributed by atoms with van der Waals surface area (Å²) in [4.78, 5) is 8.95. The first-order valence-electron chi connectivity index (χ1n) is 7.52. The Morgan fingerprint density at radius 3 is 2.50 bits per heavy atom. The Hall–Kier alpha value is -2.14. The maximum absolute atomic E-state index is 5.04. The van der Waals surface area contributed by atoms with Crippen LogP contribution in [0.25, 0.3) is 0 Å². The lowest BCUT2D eigenvalue weighted by molar-refractivity contribution is 0.197. The highest BCUT2D eigenvalue weighted by Gasteiger charge is 2.06. The number of para-hydroxylation sites is 1. The minimum absolute atomic E-state index is 0.643. The fraction of sp³-hybridized carbons (Fsp3) is 0.412. The first kappa shape index (κ1) is 16.2. The zero-order chi connectivity index (χ0) is 15.9. The number of nitrogens with one attached hydrogen (secondary N) is 2. The molecule has 0 radical (unpaired) electrons. The van der Waals surface area contributed by atoms with Gasteiger partial charge in [-0.05, 0) is 38.3 Å². The highest BCUT2D eigenvalue weighted by atomic mass is 16.5. The second-order valence-corrected chi connectivity index (χ2v) is 5.38. The molecule has 0 aliphatic rings. The van der Waals surface area contributed by atoms with Gasteiger partial charge in [-0.1, -0.05) is 18.2 Å². The van der Waals surface area contributed by atoms with Crippen LogP contribution in [0.5, 0.6) is 0 Å². The first-order valence-corrected chi connectivity index (χ1v) is 7.52. The van der Waals surface area contributed by atoms with E-state index in [2.05, 4.69) is 52.6 Å². The van der Waals surface area contributed by atoms with E-state index < -0.39 is 0 Å². The molecule has 2 aromatic rings. The van der Waals surface area contributed by atoms with Crippen LogP contribution in [0.4, 0.5) is 17.5 Å². The summed E-state index contributed by atoms with van der Waals surface area (Å²) in [6, 6.07) is 8.19. The number of aryl methyl sites for hydroxylation is 3. The van der Waals surface area contributed by atoms with E-state index in [0.717, 1.165) is 36.8 Å². The zero-order valence-corrected chi connectivity index (χ0v) is 13.7. The molecule has 5 heteroatoms. The van der Waals surface area contributed by atoms with E-state index in [1.807, 2.05) is 13.0 Å². The summed E-state index contributed by atoms with van der Waals surface area (Å²) >= 11 is 0. The molecule has 0 saturated heterocycles. The molecule has 0 aliphatic heterocycles. The number of ether oxygens (including phenoxy) is 1. The average molecular weight is 300 g/mol. The van der Waals surface area contributed by atoms with Gasteiger partial charge in [0, 0.05) is 37.7 Å². The van der Waals surface area contributed by atoms with Gasteiger partial charge in [-0.3, -0.25) is 0 Å². The van der Waals surface area contributed by atoms with Crippen molar-refractivity contribution in [1.82, 2.24) is 9.97 Å². The third-order valence-corrected chi connectivity index (χ3v) is 3.40. The summed E-state index contributed by atoms with van der Waals surface area (Å²) in [7, 11) is 1.70. The molecule has 1 aromatic carbocycles. The van der Waals surface area contributed by atoms with Gasteiger partial charge < -0.3 is 15.4 Å². The second kappa shape index (κ2) is 7.75. The highest BCUT2D eigenvalue weighted by Crippen LogP contribution is 2.24. The normalized spacial score (nSPS) is 10.5. The van der Waals surface area contributed by atoms with E-state index in [-0.39, 0.29) is 0 Å². The molecular weight excluding hydrogens is 276 g/mol. The number of rotatable bonds is 7. The lowest BCUT2D eigenvalue weighted by Crippen LogP contribution is -2.09. The number of aromatic nitrogens is 2. The maximum Gasteiger partial charge on any atom is 0.224 e. The van der Waals surface area contributed by atoms with Crippen molar-refractivity contribution in [3.8, 4) is 0 Å². The van der Waals surface area contributed by atoms with Gasteiger partial charge >= 0.3 is 0 Å². The first-order chi connectivity index (χ1) is 10.6. The van der Waals surface area contributed by atoms with Crippen molar-refractivity contribution in [1.29, 1.82) is 0 Å². The summed E-state index contributed by atoms with van der Waals surface area (Å²) in [5.74, 6) is 1.45. The van der Waals surface area contributed by atoms with Gasteiger partial charge in [-0.25, -0.2) is 4.98 Å². The average Bonchev–Trinajstić information content (AvgIpc) is 2.47. The Morgan fingerprint density at radius 2 is 1.82 bits per heavy atom. The molecule has 0 atom stereocenters. The summed E-state index contributed by atoms with van der Waals surface area (Å²) in [6.07, 6.45) is 0.924. The summed E-state index contributed by atoms with van der Waals surface area (Å²) in [5.41, 5.74) is 4.43. The Kier molecular flexibility index (Phi) is 5.72. The molecule has 22 heavy (non-hydrogen) atoms. The number of hydrogen-bond acceptors (Lipinski definition) is 5. The van der Waals surface area contributed by atoms with Crippen LogP contribution in [0, 0.1) is 20.8 Å². The number of benzene rings is 1. The van der Waals surface area contributed by atoms with Crippen molar-refractivity contribution in [2.45, 2.75) is 27.2 Å². The lowest BCUT2D eigenvalue weighted by Gasteiger charge is -2.13. The molecule has 0 amide bonds. The predicted molar refractivity (Wildman–Crippen MR) is 91.0 cm³/mol. The standard InChI is InChI=1S/C17H24N4O/c1-12-7-5-8-13(2)16(12)20-15-11-14(3)19-17(21-15)18-9-6-10-22-4/h5,7-8,11H,6,9-10H2,1-4H3,(H2,18,19,20,21). The SMILES string of the molecule is COCCCNc1nc(C)cc(Nc2c(C)cccc2C)n1. The molecule has 0 bridgehead atoms. The van der Waals surface area contributed by atoms with Crippen molar-refractivity contribution in [3.05, 3.63) is 41.1 Å². The lowest BCUT2D eigenvalue weighted by atomic mass is 10.1. The third-order valence-electron chi connectivity index (χ3n) is 3.40. The molecule has 2 N–H and O–H groups in total. The van der Waals surface area contributed by atoms with Crippen LogP contribution in [0.2, 0.25) is 0 Å². The minimum Gasteiger partial charge on any atom is -0.385 e. The molecule has 0 unspecified atom stereocenters. The zero-order valence-electron chi connectivity index (χ0n) is 13.7. The molecule has 0 fully saturated rings. The van der Waals surface area contributed by atoms with Gasteiger partial charge in [0.15, 0.2) is 0 Å². The van der Waals surface area contributed by atoms with Crippen LogP contribution in [0.3, 0.4) is 0 Å². The van der Waals surface area contributed by atoms with Crippen LogP contribution < -0.4 is 10.6 Å². The monoisotopic (exact) mass is 300 g/mol. The fourth-order valence-electron chi connectivity index (χ4n) is 2.27. The highest BCUT2D eigenvalue weighted by molar-refractivity contribution is 5.65. The third kappa shape index (κ3) is 4.43. The Balaban J connectivity index is 2.12. The molecule has 0 saturated carbocycles. The van der Waals surface area contributed by atoms with Gasteiger partial charge in [0.05, 0.1) is 0 Å². The maximum atomic E-state index is 5.04. The number of methoxy groups -OCH3 is 1. The van der Waals surface area contributed by atoms with Crippen molar-refractivity contribution in [2.24, 2.45) is 0 Å². The van der Waals surface area contributed by atoms with Crippen molar-refractivity contribution < 1.29 is 4.74 Å². The number of hydrogen-bond donors (Lipinski definition) is 2. The van der Waals surface area contributed by atoms with E-state index >= 15 is 0 Å². The Morgan fingerprint density at radius 1 is 1.09 bits per heavy atom. The molecular formula is C17H24N4O. The van der Waals surface area contributed by atoms with Crippen LogP contribution in [-0.2, 0) is 4.74 Å². The van der Waals surface area contributed by atoms with E-state index in [4.69, 9.17) is 4.74 Å². The summed E-state index contributed by atoms with van der Waals surface area (Å²) < 4.78 is 5.04. The molecule has 1 heterocycles. The molecule has 5 nitrogen and oxygen atoms in total. The van der Waals surface area contributed by atoms with Crippen molar-refractivity contribution >= 4 is 17.5 Å². The topological polar surface area (TPSA) is 59.1 Å². The van der Waals surface area contributed by atoms with E-state index in [1.54, 1.807) is 7.11 Å². The molecule has 0 spiro atoms. The van der Waals surface area contributed by atoms with Crippen molar-refractivity contribution in [3.63, 3.8) is 0 Å². The number of nitrogens with zero attached hydrogens (tertiary/aromatic N) is 2. The quantitative estimate of drug-likeness (QED) is 0.765. The van der Waals surface area contributed by atoms with E-state index in [1.165, 1.54) is 11.1 Å². The van der Waals surface area contributed by atoms with E-state index in [0.29, 0.717) is 5.95 Å². The van der Waals surface area contributed by atoms with Gasteiger partial charge in [0.2, 0.25) is 5.95 Å². The summed E-state index contributed by atoms with van der Waals surface area (Å²) in [6.45, 7) is 7.67. The van der Waals surface area contributed by atoms with Gasteiger partial charge in [-0.2, -0.15) is 4.98 Å². The predicted octanol–water partition coefficient (Wildman–Crippen LogP) is 3.59. The van der Waals surface area contributed by atoms with Gasteiger partial charge in [0.25, 0.3) is 0 Å². The summed E-state index contributed by atoms with van der Waals surface area (Å²) in [5, 5.41) is 6.64. The Bertz CT molecular complexity index is 608. The smallest absolute Gasteiger partial charge is 0.224 e.